The van der Waals surface area contributed by atoms with Crippen LogP contribution >= 0.6 is 23.4 Å². The van der Waals surface area contributed by atoms with E-state index in [1.54, 1.807) is 30.3 Å². The SMILES string of the molecule is O=C(O)CC1SC(=Nc2ccc(Cl)cc2)N(Cc2ccc3c(c2)OCO3)C1=O. The van der Waals surface area contributed by atoms with Crippen LogP contribution in [0.4, 0.5) is 5.69 Å². The van der Waals surface area contributed by atoms with Crippen LogP contribution in [0.5, 0.6) is 11.5 Å². The number of thioether (sulfide) groups is 1. The number of ether oxygens (including phenoxy) is 2. The summed E-state index contributed by atoms with van der Waals surface area (Å²) < 4.78 is 10.7. The Morgan fingerprint density at radius 3 is 2.71 bits per heavy atom. The van der Waals surface area contributed by atoms with Crippen LogP contribution in [-0.2, 0) is 16.1 Å². The summed E-state index contributed by atoms with van der Waals surface area (Å²) in [7, 11) is 0. The number of fused-ring (bicyclic) bond motifs is 1. The van der Waals surface area contributed by atoms with Crippen LogP contribution in [0.3, 0.4) is 0 Å². The summed E-state index contributed by atoms with van der Waals surface area (Å²) in [5.41, 5.74) is 1.46. The Kier molecular flexibility index (Phi) is 5.15. The highest BCUT2D eigenvalue weighted by molar-refractivity contribution is 8.15. The first-order valence-electron chi connectivity index (χ1n) is 8.42. The van der Waals surface area contributed by atoms with Crippen LogP contribution in [0.25, 0.3) is 0 Å². The van der Waals surface area contributed by atoms with Crippen molar-refractivity contribution in [2.24, 2.45) is 4.99 Å². The molecule has 4 rings (SSSR count). The lowest BCUT2D eigenvalue weighted by molar-refractivity contribution is -0.139. The Morgan fingerprint density at radius 2 is 1.96 bits per heavy atom. The third kappa shape index (κ3) is 3.93. The molecule has 2 aromatic carbocycles. The van der Waals surface area contributed by atoms with E-state index in [0.29, 0.717) is 27.4 Å². The monoisotopic (exact) mass is 418 g/mol. The van der Waals surface area contributed by atoms with Gasteiger partial charge < -0.3 is 14.6 Å². The second-order valence-corrected chi connectivity index (χ2v) is 7.79. The molecule has 2 aliphatic heterocycles. The number of aliphatic carboxylic acids is 1. The van der Waals surface area contributed by atoms with Gasteiger partial charge >= 0.3 is 5.97 Å². The topological polar surface area (TPSA) is 88.4 Å². The summed E-state index contributed by atoms with van der Waals surface area (Å²) in [6.07, 6.45) is -0.263. The first kappa shape index (κ1) is 18.6. The van der Waals surface area contributed by atoms with Gasteiger partial charge in [0.05, 0.1) is 18.7 Å². The number of carbonyl (C=O) groups is 2. The van der Waals surface area contributed by atoms with E-state index >= 15 is 0 Å². The minimum Gasteiger partial charge on any atom is -0.481 e. The van der Waals surface area contributed by atoms with Crippen LogP contribution in [0.2, 0.25) is 5.02 Å². The average Bonchev–Trinajstić information content (AvgIpc) is 3.23. The molecular weight excluding hydrogens is 404 g/mol. The van der Waals surface area contributed by atoms with E-state index in [1.165, 1.54) is 4.90 Å². The van der Waals surface area contributed by atoms with Gasteiger partial charge in [0.15, 0.2) is 16.7 Å². The number of amides is 1. The summed E-state index contributed by atoms with van der Waals surface area (Å²) in [5, 5.41) is 9.44. The molecule has 2 heterocycles. The van der Waals surface area contributed by atoms with Crippen molar-refractivity contribution in [3.05, 3.63) is 53.1 Å². The average molecular weight is 419 g/mol. The Bertz CT molecular complexity index is 963. The van der Waals surface area contributed by atoms with Crippen molar-refractivity contribution >= 4 is 46.1 Å². The number of hydrogen-bond acceptors (Lipinski definition) is 6. The number of carboxylic acid groups (broad SMARTS) is 1. The first-order chi connectivity index (χ1) is 13.5. The van der Waals surface area contributed by atoms with Crippen molar-refractivity contribution in [2.45, 2.75) is 18.2 Å². The highest BCUT2D eigenvalue weighted by atomic mass is 35.5. The number of rotatable bonds is 5. The number of hydrogen-bond donors (Lipinski definition) is 1. The second-order valence-electron chi connectivity index (χ2n) is 6.19. The highest BCUT2D eigenvalue weighted by Crippen LogP contribution is 2.36. The van der Waals surface area contributed by atoms with E-state index in [1.807, 2.05) is 12.1 Å². The Balaban J connectivity index is 1.63. The molecular formula is C19H15ClN2O5S. The van der Waals surface area contributed by atoms with Gasteiger partial charge in [-0.25, -0.2) is 4.99 Å². The minimum atomic E-state index is -1.03. The molecule has 0 aromatic heterocycles. The van der Waals surface area contributed by atoms with Gasteiger partial charge in [-0.2, -0.15) is 0 Å². The standard InChI is InChI=1S/C19H15ClN2O5S/c20-12-2-4-13(5-3-12)21-19-22(18(25)16(28-19)8-17(23)24)9-11-1-6-14-15(7-11)27-10-26-14/h1-7,16H,8-10H2,(H,23,24). The molecule has 1 unspecified atom stereocenters. The molecule has 28 heavy (non-hydrogen) atoms. The zero-order chi connectivity index (χ0) is 19.7. The number of carboxylic acids is 1. The predicted octanol–water partition coefficient (Wildman–Crippen LogP) is 3.68. The van der Waals surface area contributed by atoms with Crippen LogP contribution in [0, 0.1) is 0 Å². The number of nitrogens with zero attached hydrogens (tertiary/aromatic N) is 2. The maximum absolute atomic E-state index is 12.8. The van der Waals surface area contributed by atoms with E-state index in [2.05, 4.69) is 4.99 Å². The molecule has 1 N–H and O–H groups in total. The summed E-state index contributed by atoms with van der Waals surface area (Å²) in [4.78, 5) is 30.0. The molecule has 0 radical (unpaired) electrons. The molecule has 7 nitrogen and oxygen atoms in total. The van der Waals surface area contributed by atoms with Crippen molar-refractivity contribution in [2.75, 3.05) is 6.79 Å². The van der Waals surface area contributed by atoms with Crippen molar-refractivity contribution in [3.63, 3.8) is 0 Å². The minimum absolute atomic E-state index is 0.168. The Labute approximate surface area is 169 Å². The normalized spacial score (nSPS) is 19.5. The lowest BCUT2D eigenvalue weighted by Gasteiger charge is -2.17. The van der Waals surface area contributed by atoms with Gasteiger partial charge in [0.1, 0.15) is 5.25 Å². The summed E-state index contributed by atoms with van der Waals surface area (Å²) in [6, 6.07) is 12.3. The van der Waals surface area contributed by atoms with Crippen molar-refractivity contribution in [3.8, 4) is 11.5 Å². The van der Waals surface area contributed by atoms with Gasteiger partial charge in [-0.3, -0.25) is 14.5 Å². The number of carbonyl (C=O) groups excluding carboxylic acids is 1. The molecule has 2 aliphatic rings. The number of benzene rings is 2. The van der Waals surface area contributed by atoms with Gasteiger partial charge in [-0.15, -0.1) is 0 Å². The quantitative estimate of drug-likeness (QED) is 0.796. The largest absolute Gasteiger partial charge is 0.481 e. The van der Waals surface area contributed by atoms with Crippen molar-refractivity contribution < 1.29 is 24.2 Å². The summed E-state index contributed by atoms with van der Waals surface area (Å²) in [6.45, 7) is 0.423. The molecule has 1 atom stereocenters. The lowest BCUT2D eigenvalue weighted by Crippen LogP contribution is -2.32. The Hall–Kier alpha value is -2.71. The van der Waals surface area contributed by atoms with Crippen LogP contribution in [-0.4, -0.2) is 39.1 Å². The predicted molar refractivity (Wildman–Crippen MR) is 105 cm³/mol. The second kappa shape index (κ2) is 7.73. The number of aliphatic imine (C=N–C) groups is 1. The van der Waals surface area contributed by atoms with Gasteiger partial charge in [0.25, 0.3) is 0 Å². The fourth-order valence-corrected chi connectivity index (χ4v) is 4.15. The van der Waals surface area contributed by atoms with Crippen molar-refractivity contribution in [1.82, 2.24) is 4.90 Å². The molecule has 1 saturated heterocycles. The lowest BCUT2D eigenvalue weighted by atomic mass is 10.2. The summed E-state index contributed by atoms with van der Waals surface area (Å²) in [5.74, 6) is -0.0286. The molecule has 0 spiro atoms. The zero-order valence-corrected chi connectivity index (χ0v) is 16.1. The van der Waals surface area contributed by atoms with Gasteiger partial charge in [-0.1, -0.05) is 29.4 Å². The van der Waals surface area contributed by atoms with Crippen LogP contribution < -0.4 is 9.47 Å². The molecule has 9 heteroatoms. The van der Waals surface area contributed by atoms with Gasteiger partial charge in [-0.05, 0) is 42.0 Å². The fourth-order valence-electron chi connectivity index (χ4n) is 2.88. The molecule has 0 saturated carbocycles. The third-order valence-corrected chi connectivity index (χ3v) is 5.64. The zero-order valence-electron chi connectivity index (χ0n) is 14.5. The number of amidine groups is 1. The molecule has 144 valence electrons. The van der Waals surface area contributed by atoms with Crippen molar-refractivity contribution in [1.29, 1.82) is 0 Å². The van der Waals surface area contributed by atoms with E-state index in [0.717, 1.165) is 17.3 Å². The maximum atomic E-state index is 12.8. The Morgan fingerprint density at radius 1 is 1.21 bits per heavy atom. The number of halogens is 1. The molecule has 1 fully saturated rings. The smallest absolute Gasteiger partial charge is 0.305 e. The van der Waals surface area contributed by atoms with E-state index in [4.69, 9.17) is 26.2 Å². The van der Waals surface area contributed by atoms with Crippen LogP contribution in [0.1, 0.15) is 12.0 Å². The van der Waals surface area contributed by atoms with Gasteiger partial charge in [0.2, 0.25) is 12.7 Å². The maximum Gasteiger partial charge on any atom is 0.305 e. The molecule has 2 aromatic rings. The third-order valence-electron chi connectivity index (χ3n) is 4.21. The van der Waals surface area contributed by atoms with Gasteiger partial charge in [0, 0.05) is 5.02 Å². The van der Waals surface area contributed by atoms with E-state index < -0.39 is 11.2 Å². The van der Waals surface area contributed by atoms with E-state index in [9.17, 15) is 9.59 Å². The first-order valence-corrected chi connectivity index (χ1v) is 9.68. The summed E-state index contributed by atoms with van der Waals surface area (Å²) >= 11 is 7.06. The molecule has 0 aliphatic carbocycles. The molecule has 0 bridgehead atoms. The highest BCUT2D eigenvalue weighted by Gasteiger charge is 2.39. The van der Waals surface area contributed by atoms with E-state index in [-0.39, 0.29) is 25.7 Å². The molecule has 1 amide bonds. The van der Waals surface area contributed by atoms with Crippen LogP contribution in [0.15, 0.2) is 47.5 Å². The fraction of sp³-hybridized carbons (Fsp3) is 0.211.